The van der Waals surface area contributed by atoms with Crippen molar-refractivity contribution in [1.82, 2.24) is 9.80 Å². The summed E-state index contributed by atoms with van der Waals surface area (Å²) in [6.07, 6.45) is 10.3. The van der Waals surface area contributed by atoms with Crippen LogP contribution in [0.15, 0.2) is 0 Å². The first-order valence-corrected chi connectivity index (χ1v) is 9.00. The van der Waals surface area contributed by atoms with Gasteiger partial charge in [0, 0.05) is 38.1 Å². The van der Waals surface area contributed by atoms with E-state index in [9.17, 15) is 4.79 Å². The van der Waals surface area contributed by atoms with Crippen molar-refractivity contribution in [2.45, 2.75) is 69.9 Å². The third-order valence-corrected chi connectivity index (χ3v) is 5.81. The monoisotopic (exact) mass is 293 g/mol. The highest BCUT2D eigenvalue weighted by atomic mass is 16.2. The molecule has 4 heteroatoms. The molecule has 1 atom stereocenters. The van der Waals surface area contributed by atoms with E-state index in [1.807, 2.05) is 0 Å². The first-order chi connectivity index (χ1) is 10.2. The third-order valence-electron chi connectivity index (χ3n) is 5.81. The highest BCUT2D eigenvalue weighted by Gasteiger charge is 2.30. The van der Waals surface area contributed by atoms with Crippen LogP contribution in [0.4, 0.5) is 0 Å². The molecular weight excluding hydrogens is 262 g/mol. The Labute approximate surface area is 129 Å². The van der Waals surface area contributed by atoms with Crippen LogP contribution in [0.3, 0.4) is 0 Å². The lowest BCUT2D eigenvalue weighted by Gasteiger charge is -2.28. The maximum Gasteiger partial charge on any atom is 0.222 e. The molecule has 3 aliphatic rings. The number of nitrogens with zero attached hydrogens (tertiary/aromatic N) is 2. The molecule has 0 aromatic heterocycles. The van der Waals surface area contributed by atoms with Crippen LogP contribution >= 0.6 is 0 Å². The predicted octanol–water partition coefficient (Wildman–Crippen LogP) is 1.98. The number of fused-ring (bicyclic) bond motifs is 1. The molecule has 1 saturated carbocycles. The lowest BCUT2D eigenvalue weighted by atomic mass is 9.83. The van der Waals surface area contributed by atoms with Gasteiger partial charge in [0.15, 0.2) is 0 Å². The second kappa shape index (κ2) is 7.10. The van der Waals surface area contributed by atoms with E-state index in [-0.39, 0.29) is 0 Å². The zero-order valence-electron chi connectivity index (χ0n) is 13.3. The van der Waals surface area contributed by atoms with Crippen molar-refractivity contribution < 1.29 is 4.79 Å². The van der Waals surface area contributed by atoms with Gasteiger partial charge >= 0.3 is 0 Å². The Morgan fingerprint density at radius 2 is 1.76 bits per heavy atom. The van der Waals surface area contributed by atoms with Crippen LogP contribution in [0.1, 0.15) is 57.8 Å². The Hall–Kier alpha value is -0.610. The van der Waals surface area contributed by atoms with Crippen molar-refractivity contribution in [3.63, 3.8) is 0 Å². The molecular formula is C17H31N3O. The van der Waals surface area contributed by atoms with Gasteiger partial charge in [-0.15, -0.1) is 0 Å². The number of carbonyl (C=O) groups excluding carboxylic acids is 1. The summed E-state index contributed by atoms with van der Waals surface area (Å²) < 4.78 is 0. The second-order valence-electron chi connectivity index (χ2n) is 7.34. The van der Waals surface area contributed by atoms with Crippen molar-refractivity contribution in [1.29, 1.82) is 0 Å². The summed E-state index contributed by atoms with van der Waals surface area (Å²) in [5.41, 5.74) is 5.96. The van der Waals surface area contributed by atoms with Crippen LogP contribution < -0.4 is 5.73 Å². The van der Waals surface area contributed by atoms with E-state index >= 15 is 0 Å². The van der Waals surface area contributed by atoms with Crippen LogP contribution in [-0.2, 0) is 4.79 Å². The molecule has 4 nitrogen and oxygen atoms in total. The first kappa shape index (κ1) is 15.3. The van der Waals surface area contributed by atoms with Crippen LogP contribution in [0.2, 0.25) is 0 Å². The maximum atomic E-state index is 12.5. The van der Waals surface area contributed by atoms with Crippen molar-refractivity contribution in [3.05, 3.63) is 0 Å². The van der Waals surface area contributed by atoms with Crippen LogP contribution in [0, 0.1) is 5.92 Å². The fourth-order valence-corrected chi connectivity index (χ4v) is 4.40. The third kappa shape index (κ3) is 3.98. The average Bonchev–Trinajstić information content (AvgIpc) is 2.83. The summed E-state index contributed by atoms with van der Waals surface area (Å²) in [5, 5.41) is 0. The molecule has 2 N–H and O–H groups in total. The molecule has 3 fully saturated rings. The molecule has 0 aromatic rings. The fraction of sp³-hybridized carbons (Fsp3) is 0.941. The molecule has 21 heavy (non-hydrogen) atoms. The van der Waals surface area contributed by atoms with Crippen LogP contribution in [0.25, 0.3) is 0 Å². The minimum absolute atomic E-state index is 0.402. The summed E-state index contributed by atoms with van der Waals surface area (Å²) in [4.78, 5) is 17.3. The quantitative estimate of drug-likeness (QED) is 0.865. The van der Waals surface area contributed by atoms with Gasteiger partial charge in [-0.3, -0.25) is 9.69 Å². The SMILES string of the molecule is NC1CCC(CCC(=O)N2CCCN3CCCC3C2)CC1. The smallest absolute Gasteiger partial charge is 0.222 e. The lowest BCUT2D eigenvalue weighted by molar-refractivity contribution is -0.131. The van der Waals surface area contributed by atoms with E-state index in [4.69, 9.17) is 5.73 Å². The summed E-state index contributed by atoms with van der Waals surface area (Å²) in [6, 6.07) is 1.06. The van der Waals surface area contributed by atoms with Crippen LogP contribution in [-0.4, -0.2) is 54.0 Å². The van der Waals surface area contributed by atoms with Crippen molar-refractivity contribution in [2.24, 2.45) is 11.7 Å². The molecule has 1 unspecified atom stereocenters. The molecule has 0 aromatic carbocycles. The Morgan fingerprint density at radius 1 is 1.00 bits per heavy atom. The molecule has 1 amide bonds. The minimum atomic E-state index is 0.402. The zero-order valence-corrected chi connectivity index (χ0v) is 13.3. The van der Waals surface area contributed by atoms with E-state index in [1.165, 1.54) is 38.8 Å². The number of rotatable bonds is 3. The van der Waals surface area contributed by atoms with Gasteiger partial charge < -0.3 is 10.6 Å². The fourth-order valence-electron chi connectivity index (χ4n) is 4.40. The molecule has 1 aliphatic carbocycles. The van der Waals surface area contributed by atoms with Gasteiger partial charge in [0.05, 0.1) is 0 Å². The Balaban J connectivity index is 1.44. The molecule has 2 aliphatic heterocycles. The van der Waals surface area contributed by atoms with E-state index < -0.39 is 0 Å². The van der Waals surface area contributed by atoms with Crippen LogP contribution in [0.5, 0.6) is 0 Å². The first-order valence-electron chi connectivity index (χ1n) is 9.00. The summed E-state index contributed by atoms with van der Waals surface area (Å²) in [5.74, 6) is 1.14. The summed E-state index contributed by atoms with van der Waals surface area (Å²) >= 11 is 0. The number of hydrogen-bond donors (Lipinski definition) is 1. The van der Waals surface area contributed by atoms with Gasteiger partial charge in [-0.2, -0.15) is 0 Å². The largest absolute Gasteiger partial charge is 0.341 e. The molecule has 120 valence electrons. The molecule has 3 rings (SSSR count). The Bertz CT molecular complexity index is 352. The zero-order chi connectivity index (χ0) is 14.7. The van der Waals surface area contributed by atoms with Gasteiger partial charge in [0.2, 0.25) is 5.91 Å². The average molecular weight is 293 g/mol. The standard InChI is InChI=1S/C17H31N3O/c18-15-7-4-14(5-8-15)6-9-17(21)20-12-2-11-19-10-1-3-16(19)13-20/h14-16H,1-13,18H2. The molecule has 0 spiro atoms. The highest BCUT2D eigenvalue weighted by molar-refractivity contribution is 5.76. The Morgan fingerprint density at radius 3 is 2.57 bits per heavy atom. The van der Waals surface area contributed by atoms with E-state index in [0.29, 0.717) is 18.0 Å². The molecule has 0 bridgehead atoms. The Kier molecular flexibility index (Phi) is 5.17. The number of hydrogen-bond acceptors (Lipinski definition) is 3. The minimum Gasteiger partial charge on any atom is -0.341 e. The van der Waals surface area contributed by atoms with Gasteiger partial charge in [-0.05, 0) is 63.8 Å². The topological polar surface area (TPSA) is 49.6 Å². The number of carbonyl (C=O) groups is 1. The van der Waals surface area contributed by atoms with Crippen molar-refractivity contribution in [3.8, 4) is 0 Å². The normalized spacial score (nSPS) is 34.5. The van der Waals surface area contributed by atoms with E-state index in [2.05, 4.69) is 9.80 Å². The summed E-state index contributed by atoms with van der Waals surface area (Å²) in [6.45, 7) is 4.39. The van der Waals surface area contributed by atoms with Crippen molar-refractivity contribution in [2.75, 3.05) is 26.2 Å². The van der Waals surface area contributed by atoms with Gasteiger partial charge in [0.1, 0.15) is 0 Å². The molecule has 0 radical (unpaired) electrons. The van der Waals surface area contributed by atoms with Gasteiger partial charge in [-0.1, -0.05) is 0 Å². The number of nitrogens with two attached hydrogens (primary N) is 1. The number of amides is 1. The van der Waals surface area contributed by atoms with Crippen molar-refractivity contribution >= 4 is 5.91 Å². The maximum absolute atomic E-state index is 12.5. The van der Waals surface area contributed by atoms with E-state index in [1.54, 1.807) is 0 Å². The van der Waals surface area contributed by atoms with E-state index in [0.717, 1.165) is 51.1 Å². The molecule has 2 saturated heterocycles. The van der Waals surface area contributed by atoms with Gasteiger partial charge in [0.25, 0.3) is 0 Å². The lowest BCUT2D eigenvalue weighted by Crippen LogP contribution is -2.39. The summed E-state index contributed by atoms with van der Waals surface area (Å²) in [7, 11) is 0. The van der Waals surface area contributed by atoms with Gasteiger partial charge in [-0.25, -0.2) is 0 Å². The molecule has 2 heterocycles. The predicted molar refractivity (Wildman–Crippen MR) is 85.0 cm³/mol. The second-order valence-corrected chi connectivity index (χ2v) is 7.34. The highest BCUT2D eigenvalue weighted by Crippen LogP contribution is 2.28.